The summed E-state index contributed by atoms with van der Waals surface area (Å²) in [4.78, 5) is 38.6. The SMILES string of the molecule is CN1CCC(n2c(C(F)(F)F)nc3sc(N4CCC[C@@H]4C(=O)CCc4ccccc4)nc3c2=O)CC1. The van der Waals surface area contributed by atoms with E-state index in [4.69, 9.17) is 0 Å². The van der Waals surface area contributed by atoms with Crippen LogP contribution in [0.25, 0.3) is 10.3 Å². The van der Waals surface area contributed by atoms with E-state index in [9.17, 15) is 22.8 Å². The Morgan fingerprint density at radius 2 is 1.81 bits per heavy atom. The number of fused-ring (bicyclic) bond motifs is 1. The van der Waals surface area contributed by atoms with Crippen LogP contribution >= 0.6 is 11.3 Å². The number of Topliss-reactive ketones (excluding diaryl/α,β-unsaturated/α-hetero) is 1. The molecule has 4 heterocycles. The summed E-state index contributed by atoms with van der Waals surface area (Å²) >= 11 is 0.960. The molecule has 0 amide bonds. The van der Waals surface area contributed by atoms with E-state index in [0.717, 1.165) is 27.9 Å². The quantitative estimate of drug-likeness (QED) is 0.484. The van der Waals surface area contributed by atoms with Gasteiger partial charge < -0.3 is 9.80 Å². The number of ketones is 1. The average Bonchev–Trinajstić information content (AvgIpc) is 3.51. The maximum absolute atomic E-state index is 14.0. The van der Waals surface area contributed by atoms with Crippen molar-refractivity contribution in [3.63, 3.8) is 0 Å². The Kier molecular flexibility index (Phi) is 6.86. The third-order valence-corrected chi connectivity index (χ3v) is 8.12. The molecule has 192 valence electrons. The molecule has 1 aromatic carbocycles. The van der Waals surface area contributed by atoms with Crippen LogP contribution in [-0.2, 0) is 17.4 Å². The van der Waals surface area contributed by atoms with Gasteiger partial charge in [0.1, 0.15) is 0 Å². The molecule has 0 saturated carbocycles. The van der Waals surface area contributed by atoms with E-state index in [0.29, 0.717) is 56.9 Å². The number of hydrogen-bond acceptors (Lipinski definition) is 7. The Bertz CT molecular complexity index is 1300. The highest BCUT2D eigenvalue weighted by atomic mass is 32.1. The Hall–Kier alpha value is -2.79. The molecule has 11 heteroatoms. The van der Waals surface area contributed by atoms with E-state index >= 15 is 0 Å². The lowest BCUT2D eigenvalue weighted by Gasteiger charge is -2.31. The average molecular weight is 520 g/mol. The second kappa shape index (κ2) is 9.93. The van der Waals surface area contributed by atoms with Crippen LogP contribution in [0.4, 0.5) is 18.3 Å². The van der Waals surface area contributed by atoms with Crippen molar-refractivity contribution < 1.29 is 18.0 Å². The fourth-order valence-electron chi connectivity index (χ4n) is 5.20. The van der Waals surface area contributed by atoms with Gasteiger partial charge in [0.15, 0.2) is 21.3 Å². The van der Waals surface area contributed by atoms with Crippen molar-refractivity contribution in [1.82, 2.24) is 19.4 Å². The van der Waals surface area contributed by atoms with E-state index in [1.807, 2.05) is 47.2 Å². The highest BCUT2D eigenvalue weighted by Gasteiger charge is 2.41. The van der Waals surface area contributed by atoms with Crippen LogP contribution in [0.15, 0.2) is 35.1 Å². The summed E-state index contributed by atoms with van der Waals surface area (Å²) in [7, 11) is 1.91. The summed E-state index contributed by atoms with van der Waals surface area (Å²) in [6.07, 6.45) is -1.45. The molecule has 0 unspecified atom stereocenters. The van der Waals surface area contributed by atoms with E-state index < -0.39 is 29.6 Å². The Balaban J connectivity index is 1.45. The number of nitrogens with zero attached hydrogens (tertiary/aromatic N) is 5. The molecule has 5 rings (SSSR count). The number of thiazole rings is 1. The summed E-state index contributed by atoms with van der Waals surface area (Å²) in [6.45, 7) is 1.78. The van der Waals surface area contributed by atoms with Crippen LogP contribution in [-0.4, -0.2) is 57.9 Å². The van der Waals surface area contributed by atoms with Gasteiger partial charge in [0, 0.05) is 19.0 Å². The summed E-state index contributed by atoms with van der Waals surface area (Å²) in [5.74, 6) is -1.09. The number of alkyl halides is 3. The number of piperidine rings is 1. The molecule has 2 saturated heterocycles. The van der Waals surface area contributed by atoms with Crippen LogP contribution in [0, 0.1) is 0 Å². The second-order valence-electron chi connectivity index (χ2n) is 9.60. The van der Waals surface area contributed by atoms with E-state index in [2.05, 4.69) is 9.97 Å². The number of benzene rings is 1. The van der Waals surface area contributed by atoms with Gasteiger partial charge in [-0.3, -0.25) is 14.2 Å². The minimum atomic E-state index is -4.76. The minimum absolute atomic E-state index is 0.0334. The lowest BCUT2D eigenvalue weighted by molar-refractivity contribution is -0.149. The Morgan fingerprint density at radius 1 is 1.08 bits per heavy atom. The normalized spacial score (nSPS) is 19.9. The summed E-state index contributed by atoms with van der Waals surface area (Å²) < 4.78 is 42.8. The molecule has 0 bridgehead atoms. The fourth-order valence-corrected chi connectivity index (χ4v) is 6.21. The summed E-state index contributed by atoms with van der Waals surface area (Å²) in [6, 6.07) is 8.78. The van der Waals surface area contributed by atoms with Crippen LogP contribution in [0.5, 0.6) is 0 Å². The highest BCUT2D eigenvalue weighted by Crippen LogP contribution is 2.36. The van der Waals surface area contributed by atoms with Gasteiger partial charge in [-0.25, -0.2) is 9.97 Å². The zero-order valence-electron chi connectivity index (χ0n) is 20.0. The first-order chi connectivity index (χ1) is 17.2. The van der Waals surface area contributed by atoms with Crippen molar-refractivity contribution in [2.75, 3.05) is 31.6 Å². The van der Waals surface area contributed by atoms with Crippen molar-refractivity contribution in [2.45, 2.75) is 56.8 Å². The minimum Gasteiger partial charge on any atom is -0.338 e. The maximum atomic E-state index is 14.0. The number of carbonyl (C=O) groups is 1. The summed E-state index contributed by atoms with van der Waals surface area (Å²) in [5, 5.41) is 0.388. The largest absolute Gasteiger partial charge is 0.449 e. The van der Waals surface area contributed by atoms with Gasteiger partial charge in [-0.2, -0.15) is 13.2 Å². The van der Waals surface area contributed by atoms with Gasteiger partial charge in [0.25, 0.3) is 5.56 Å². The number of aromatic nitrogens is 3. The first-order valence-electron chi connectivity index (χ1n) is 12.2. The molecule has 7 nitrogen and oxygen atoms in total. The molecule has 0 radical (unpaired) electrons. The fraction of sp³-hybridized carbons (Fsp3) is 0.520. The Labute approximate surface area is 210 Å². The van der Waals surface area contributed by atoms with Crippen LogP contribution in [0.3, 0.4) is 0 Å². The number of halogens is 3. The Morgan fingerprint density at radius 3 is 2.50 bits per heavy atom. The molecular formula is C25H28F3N5O2S. The summed E-state index contributed by atoms with van der Waals surface area (Å²) in [5.41, 5.74) is 0.272. The van der Waals surface area contributed by atoms with Crippen molar-refractivity contribution in [3.05, 3.63) is 52.1 Å². The van der Waals surface area contributed by atoms with Crippen molar-refractivity contribution >= 4 is 32.6 Å². The van der Waals surface area contributed by atoms with Gasteiger partial charge in [-0.1, -0.05) is 41.7 Å². The first kappa shape index (κ1) is 24.9. The van der Waals surface area contributed by atoms with E-state index in [1.54, 1.807) is 0 Å². The van der Waals surface area contributed by atoms with Crippen molar-refractivity contribution in [1.29, 1.82) is 0 Å². The molecule has 36 heavy (non-hydrogen) atoms. The molecule has 3 aromatic rings. The van der Waals surface area contributed by atoms with Gasteiger partial charge >= 0.3 is 6.18 Å². The molecule has 2 fully saturated rings. The van der Waals surface area contributed by atoms with Gasteiger partial charge in [-0.05, 0) is 57.8 Å². The third kappa shape index (κ3) is 4.90. The van der Waals surface area contributed by atoms with E-state index in [-0.39, 0.29) is 16.1 Å². The number of likely N-dealkylation sites (tertiary alicyclic amines) is 1. The molecule has 2 aliphatic rings. The second-order valence-corrected chi connectivity index (χ2v) is 10.6. The number of carbonyl (C=O) groups excluding carboxylic acids is 1. The molecule has 1 atom stereocenters. The lowest BCUT2D eigenvalue weighted by Crippen LogP contribution is -2.39. The lowest BCUT2D eigenvalue weighted by atomic mass is 10.0. The molecule has 0 N–H and O–H groups in total. The number of anilines is 1. The van der Waals surface area contributed by atoms with Crippen LogP contribution in [0.1, 0.15) is 49.5 Å². The predicted octanol–water partition coefficient (Wildman–Crippen LogP) is 4.31. The monoisotopic (exact) mass is 519 g/mol. The predicted molar refractivity (Wildman–Crippen MR) is 133 cm³/mol. The number of rotatable bonds is 6. The van der Waals surface area contributed by atoms with Crippen LogP contribution < -0.4 is 10.5 Å². The topological polar surface area (TPSA) is 71.3 Å². The molecular weight excluding hydrogens is 491 g/mol. The zero-order valence-corrected chi connectivity index (χ0v) is 20.8. The van der Waals surface area contributed by atoms with Crippen LogP contribution in [0.2, 0.25) is 0 Å². The highest BCUT2D eigenvalue weighted by molar-refractivity contribution is 7.21. The number of aryl methyl sites for hydroxylation is 1. The number of hydrogen-bond donors (Lipinski definition) is 0. The molecule has 2 aliphatic heterocycles. The molecule has 0 aliphatic carbocycles. The molecule has 2 aromatic heterocycles. The van der Waals surface area contributed by atoms with Gasteiger partial charge in [0.05, 0.1) is 6.04 Å². The standard InChI is InChI=1S/C25H28F3N5O2S/c1-31-14-11-17(12-15-31)33-22(35)20-21(30-23(33)25(26,27)28)36-24(29-20)32-13-5-8-18(32)19(34)10-9-16-6-3-2-4-7-16/h2-4,6-7,17-18H,5,8-15H2,1H3/t18-/m1/s1. The first-order valence-corrected chi connectivity index (χ1v) is 13.1. The zero-order chi connectivity index (χ0) is 25.4. The van der Waals surface area contributed by atoms with Crippen molar-refractivity contribution in [2.24, 2.45) is 0 Å². The van der Waals surface area contributed by atoms with E-state index in [1.165, 1.54) is 0 Å². The molecule has 0 spiro atoms. The maximum Gasteiger partial charge on any atom is 0.449 e. The van der Waals surface area contributed by atoms with Crippen molar-refractivity contribution in [3.8, 4) is 0 Å². The van der Waals surface area contributed by atoms with Gasteiger partial charge in [0.2, 0.25) is 5.82 Å². The third-order valence-electron chi connectivity index (χ3n) is 7.13. The van der Waals surface area contributed by atoms with Gasteiger partial charge in [-0.15, -0.1) is 0 Å². The smallest absolute Gasteiger partial charge is 0.338 e.